The van der Waals surface area contributed by atoms with Crippen LogP contribution in [0.5, 0.6) is 0 Å². The predicted octanol–water partition coefficient (Wildman–Crippen LogP) is 1.29. The fraction of sp³-hybridized carbons (Fsp3) is 0.800. The summed E-state index contributed by atoms with van der Waals surface area (Å²) in [6, 6.07) is 0. The fourth-order valence-electron chi connectivity index (χ4n) is 1.93. The van der Waals surface area contributed by atoms with E-state index in [9.17, 15) is 8.42 Å². The van der Waals surface area contributed by atoms with Crippen LogP contribution in [-0.4, -0.2) is 30.9 Å². The van der Waals surface area contributed by atoms with E-state index in [0.29, 0.717) is 23.7 Å². The molecule has 5 nitrogen and oxygen atoms in total. The molecule has 17 heavy (non-hydrogen) atoms. The minimum absolute atomic E-state index is 0.291. The number of hydrogen-bond acceptors (Lipinski definition) is 6. The molecule has 1 aliphatic heterocycles. The van der Waals surface area contributed by atoms with Crippen LogP contribution in [-0.2, 0) is 16.4 Å². The summed E-state index contributed by atoms with van der Waals surface area (Å²) in [4.78, 5) is 0. The topological polar surface area (TPSA) is 72.0 Å². The Balaban J connectivity index is 2.13. The molecule has 0 aliphatic carbocycles. The van der Waals surface area contributed by atoms with Crippen LogP contribution >= 0.6 is 11.3 Å². The summed E-state index contributed by atoms with van der Waals surface area (Å²) >= 11 is 1.42. The van der Waals surface area contributed by atoms with Crippen molar-refractivity contribution < 1.29 is 8.42 Å². The van der Waals surface area contributed by atoms with E-state index in [-0.39, 0.29) is 0 Å². The van der Waals surface area contributed by atoms with Crippen molar-refractivity contribution >= 4 is 21.2 Å². The molecule has 1 aromatic rings. The van der Waals surface area contributed by atoms with E-state index in [4.69, 9.17) is 0 Å². The van der Waals surface area contributed by atoms with Crippen LogP contribution in [0.4, 0.5) is 0 Å². The minimum Gasteiger partial charge on any atom is -0.311 e. The Morgan fingerprint density at radius 1 is 1.41 bits per heavy atom. The first-order valence-electron chi connectivity index (χ1n) is 5.88. The van der Waals surface area contributed by atoms with E-state index >= 15 is 0 Å². The summed E-state index contributed by atoms with van der Waals surface area (Å²) in [5.74, 6) is 0.291. The van der Waals surface area contributed by atoms with Crippen LogP contribution in [0, 0.1) is 0 Å². The highest BCUT2D eigenvalue weighted by molar-refractivity contribution is 7.91. The molecule has 1 saturated heterocycles. The van der Waals surface area contributed by atoms with Gasteiger partial charge in [0.25, 0.3) is 0 Å². The Labute approximate surface area is 106 Å². The minimum atomic E-state index is -3.00. The molecule has 0 bridgehead atoms. The van der Waals surface area contributed by atoms with E-state index in [1.807, 2.05) is 6.92 Å². The second kappa shape index (κ2) is 5.41. The van der Waals surface area contributed by atoms with Crippen molar-refractivity contribution in [3.8, 4) is 0 Å². The highest BCUT2D eigenvalue weighted by Gasteiger charge is 2.32. The van der Waals surface area contributed by atoms with Crippen LogP contribution in [0.1, 0.15) is 41.5 Å². The van der Waals surface area contributed by atoms with Gasteiger partial charge in [-0.25, -0.2) is 8.42 Å². The molecule has 2 rings (SSSR count). The Kier molecular flexibility index (Phi) is 4.11. The van der Waals surface area contributed by atoms with Gasteiger partial charge >= 0.3 is 0 Å². The molecule has 1 aliphatic rings. The second-order valence-electron chi connectivity index (χ2n) is 4.17. The Morgan fingerprint density at radius 3 is 2.94 bits per heavy atom. The molecule has 0 aromatic carbocycles. The van der Waals surface area contributed by atoms with Gasteiger partial charge in [-0.05, 0) is 19.4 Å². The van der Waals surface area contributed by atoms with Crippen molar-refractivity contribution in [3.05, 3.63) is 10.0 Å². The Hall–Kier alpha value is -0.530. The van der Waals surface area contributed by atoms with Crippen LogP contribution in [0.3, 0.4) is 0 Å². The first kappa shape index (κ1) is 12.9. The van der Waals surface area contributed by atoms with Gasteiger partial charge in [-0.1, -0.05) is 24.7 Å². The fourth-order valence-corrected chi connectivity index (χ4v) is 5.12. The van der Waals surface area contributed by atoms with Gasteiger partial charge in [0.05, 0.1) is 5.75 Å². The van der Waals surface area contributed by atoms with Gasteiger partial charge in [0.2, 0.25) is 0 Å². The maximum Gasteiger partial charge on any atom is 0.159 e. The summed E-state index contributed by atoms with van der Waals surface area (Å²) in [7, 11) is -3.00. The quantitative estimate of drug-likeness (QED) is 0.896. The van der Waals surface area contributed by atoms with Crippen molar-refractivity contribution in [2.45, 2.75) is 38.0 Å². The molecule has 2 heterocycles. The lowest BCUT2D eigenvalue weighted by Gasteiger charge is -2.19. The normalized spacial score (nSPS) is 23.7. The van der Waals surface area contributed by atoms with Gasteiger partial charge in [0.1, 0.15) is 15.3 Å². The lowest BCUT2D eigenvalue weighted by atomic mass is 10.2. The number of aromatic nitrogens is 2. The van der Waals surface area contributed by atoms with E-state index in [0.717, 1.165) is 24.4 Å². The van der Waals surface area contributed by atoms with Gasteiger partial charge in [0, 0.05) is 6.54 Å². The number of hydrogen-bond donors (Lipinski definition) is 1. The third kappa shape index (κ3) is 3.02. The zero-order valence-corrected chi connectivity index (χ0v) is 11.5. The summed E-state index contributed by atoms with van der Waals surface area (Å²) in [5.41, 5.74) is 0. The molecule has 1 unspecified atom stereocenters. The summed E-state index contributed by atoms with van der Waals surface area (Å²) in [6.45, 7) is 3.56. The highest BCUT2D eigenvalue weighted by atomic mass is 32.2. The van der Waals surface area contributed by atoms with Gasteiger partial charge in [-0.2, -0.15) is 0 Å². The third-order valence-electron chi connectivity index (χ3n) is 2.86. The van der Waals surface area contributed by atoms with Crippen molar-refractivity contribution in [2.24, 2.45) is 0 Å². The third-order valence-corrected chi connectivity index (χ3v) is 6.23. The maximum atomic E-state index is 11.9. The predicted molar refractivity (Wildman–Crippen MR) is 67.7 cm³/mol. The van der Waals surface area contributed by atoms with Crippen molar-refractivity contribution in [1.29, 1.82) is 0 Å². The van der Waals surface area contributed by atoms with E-state index in [1.165, 1.54) is 11.3 Å². The molecule has 1 aromatic heterocycles. The van der Waals surface area contributed by atoms with Gasteiger partial charge < -0.3 is 5.32 Å². The number of sulfone groups is 1. The second-order valence-corrected chi connectivity index (χ2v) is 7.56. The van der Waals surface area contributed by atoms with Crippen molar-refractivity contribution in [1.82, 2.24) is 15.5 Å². The molecule has 1 atom stereocenters. The van der Waals surface area contributed by atoms with Gasteiger partial charge in [-0.3, -0.25) is 0 Å². The highest BCUT2D eigenvalue weighted by Crippen LogP contribution is 2.34. The van der Waals surface area contributed by atoms with Crippen molar-refractivity contribution in [2.75, 3.05) is 12.3 Å². The lowest BCUT2D eigenvalue weighted by Crippen LogP contribution is -2.21. The average molecular weight is 275 g/mol. The lowest BCUT2D eigenvalue weighted by molar-refractivity contribution is 0.544. The number of nitrogens with zero attached hydrogens (tertiary/aromatic N) is 2. The van der Waals surface area contributed by atoms with Crippen LogP contribution < -0.4 is 5.32 Å². The number of nitrogens with one attached hydrogen (secondary N) is 1. The zero-order valence-electron chi connectivity index (χ0n) is 9.85. The molecule has 0 saturated carbocycles. The zero-order chi connectivity index (χ0) is 12.3. The Morgan fingerprint density at radius 2 is 2.24 bits per heavy atom. The SMILES string of the molecule is CCNCc1nnc(C2CCCCS2(=O)=O)s1. The monoisotopic (exact) mass is 275 g/mol. The molecule has 0 spiro atoms. The molecular formula is C10H17N3O2S2. The van der Waals surface area contributed by atoms with Crippen molar-refractivity contribution in [3.63, 3.8) is 0 Å². The first-order chi connectivity index (χ1) is 8.13. The standard InChI is InChI=1S/C10H17N3O2S2/c1-2-11-7-9-12-13-10(16-9)8-5-3-4-6-17(8,14)15/h8,11H,2-7H2,1H3. The first-order valence-corrected chi connectivity index (χ1v) is 8.41. The maximum absolute atomic E-state index is 11.9. The summed E-state index contributed by atoms with van der Waals surface area (Å²) in [5, 5.41) is 12.3. The molecule has 96 valence electrons. The van der Waals surface area contributed by atoms with Gasteiger partial charge in [0.15, 0.2) is 9.84 Å². The summed E-state index contributed by atoms with van der Waals surface area (Å²) < 4.78 is 23.9. The largest absolute Gasteiger partial charge is 0.311 e. The smallest absolute Gasteiger partial charge is 0.159 e. The summed E-state index contributed by atoms with van der Waals surface area (Å²) in [6.07, 6.45) is 2.44. The average Bonchev–Trinajstić information content (AvgIpc) is 2.74. The Bertz CT molecular complexity index is 470. The van der Waals surface area contributed by atoms with E-state index in [2.05, 4.69) is 15.5 Å². The number of rotatable bonds is 4. The van der Waals surface area contributed by atoms with Gasteiger partial charge in [-0.15, -0.1) is 10.2 Å². The molecule has 0 radical (unpaired) electrons. The van der Waals surface area contributed by atoms with E-state index < -0.39 is 15.1 Å². The molecule has 1 fully saturated rings. The molecular weight excluding hydrogens is 258 g/mol. The molecule has 0 amide bonds. The van der Waals surface area contributed by atoms with Crippen LogP contribution in [0.2, 0.25) is 0 Å². The van der Waals surface area contributed by atoms with Crippen LogP contribution in [0.15, 0.2) is 0 Å². The van der Waals surface area contributed by atoms with E-state index in [1.54, 1.807) is 0 Å². The molecule has 7 heteroatoms. The molecule has 1 N–H and O–H groups in total. The van der Waals surface area contributed by atoms with Crippen LogP contribution in [0.25, 0.3) is 0 Å².